The summed E-state index contributed by atoms with van der Waals surface area (Å²) in [4.78, 5) is 28.7. The van der Waals surface area contributed by atoms with Gasteiger partial charge in [-0.2, -0.15) is 0 Å². The average Bonchev–Trinajstić information content (AvgIpc) is 2.59. The summed E-state index contributed by atoms with van der Waals surface area (Å²) in [5.41, 5.74) is -0.143. The minimum atomic E-state index is -0.554. The van der Waals surface area contributed by atoms with Crippen LogP contribution >= 0.6 is 0 Å². The number of carbonyl (C=O) groups is 1. The lowest BCUT2D eigenvalue weighted by Crippen LogP contribution is -2.29. The zero-order valence-electron chi connectivity index (χ0n) is 12.6. The minimum Gasteiger partial charge on any atom is -0.310 e. The number of aromatic nitrogens is 2. The van der Waals surface area contributed by atoms with Gasteiger partial charge in [-0.05, 0) is 30.3 Å². The first-order valence-corrected chi connectivity index (χ1v) is 7.30. The third-order valence-electron chi connectivity index (χ3n) is 3.47. The summed E-state index contributed by atoms with van der Waals surface area (Å²) in [6, 6.07) is 14.3. The molecule has 120 valence electrons. The largest absolute Gasteiger partial charge is 0.310 e. The van der Waals surface area contributed by atoms with E-state index in [0.717, 1.165) is 0 Å². The lowest BCUT2D eigenvalue weighted by Gasteiger charge is -2.09. The molecule has 24 heavy (non-hydrogen) atoms. The van der Waals surface area contributed by atoms with E-state index in [1.165, 1.54) is 29.1 Å². The standard InChI is InChI=1S/C18H14FN3O2/c19-15-8-2-1-6-13(15)12-22-11-5-7-14(18(22)24)17(23)21-16-9-3-4-10-20-16/h1-11H,12H2,(H,20,21,23). The lowest BCUT2D eigenvalue weighted by atomic mass is 10.2. The highest BCUT2D eigenvalue weighted by Gasteiger charge is 2.13. The van der Waals surface area contributed by atoms with Gasteiger partial charge in [-0.1, -0.05) is 24.3 Å². The second-order valence-electron chi connectivity index (χ2n) is 5.12. The van der Waals surface area contributed by atoms with Crippen LogP contribution in [0.5, 0.6) is 0 Å². The maximum atomic E-state index is 13.8. The molecule has 1 aromatic carbocycles. The number of benzene rings is 1. The molecule has 0 aliphatic heterocycles. The maximum absolute atomic E-state index is 13.8. The van der Waals surface area contributed by atoms with Gasteiger partial charge in [0.2, 0.25) is 0 Å². The summed E-state index contributed by atoms with van der Waals surface area (Å²) in [7, 11) is 0. The van der Waals surface area contributed by atoms with Crippen LogP contribution in [0, 0.1) is 5.82 Å². The Labute approximate surface area is 137 Å². The van der Waals surface area contributed by atoms with Crippen LogP contribution in [-0.2, 0) is 6.54 Å². The average molecular weight is 323 g/mol. The van der Waals surface area contributed by atoms with E-state index < -0.39 is 17.3 Å². The van der Waals surface area contributed by atoms with Crippen molar-refractivity contribution in [3.8, 4) is 0 Å². The molecule has 3 rings (SSSR count). The summed E-state index contributed by atoms with van der Waals surface area (Å²) in [5, 5.41) is 2.56. The molecular weight excluding hydrogens is 309 g/mol. The molecule has 6 heteroatoms. The van der Waals surface area contributed by atoms with Gasteiger partial charge in [0, 0.05) is 18.0 Å². The van der Waals surface area contributed by atoms with Crippen molar-refractivity contribution in [2.45, 2.75) is 6.54 Å². The molecule has 5 nitrogen and oxygen atoms in total. The van der Waals surface area contributed by atoms with Gasteiger partial charge < -0.3 is 9.88 Å². The van der Waals surface area contributed by atoms with Gasteiger partial charge in [0.05, 0.1) is 6.54 Å². The fraction of sp³-hybridized carbons (Fsp3) is 0.0556. The number of hydrogen-bond donors (Lipinski definition) is 1. The molecular formula is C18H14FN3O2. The molecule has 2 heterocycles. The van der Waals surface area contributed by atoms with E-state index in [1.807, 2.05) is 0 Å². The first-order chi connectivity index (χ1) is 11.6. The van der Waals surface area contributed by atoms with Crippen LogP contribution in [0.25, 0.3) is 0 Å². The Morgan fingerprint density at radius 3 is 2.62 bits per heavy atom. The predicted octanol–water partition coefficient (Wildman–Crippen LogP) is 2.68. The van der Waals surface area contributed by atoms with Crippen LogP contribution in [0.15, 0.2) is 71.8 Å². The first-order valence-electron chi connectivity index (χ1n) is 7.30. The van der Waals surface area contributed by atoms with Gasteiger partial charge in [0.1, 0.15) is 17.2 Å². The van der Waals surface area contributed by atoms with Crippen LogP contribution in [0.1, 0.15) is 15.9 Å². The van der Waals surface area contributed by atoms with Crippen molar-refractivity contribution in [1.29, 1.82) is 0 Å². The van der Waals surface area contributed by atoms with Crippen LogP contribution < -0.4 is 10.9 Å². The van der Waals surface area contributed by atoms with Gasteiger partial charge in [-0.3, -0.25) is 9.59 Å². The molecule has 0 bridgehead atoms. The number of amides is 1. The molecule has 0 aliphatic carbocycles. The topological polar surface area (TPSA) is 64.0 Å². The monoisotopic (exact) mass is 323 g/mol. The number of nitrogens with one attached hydrogen (secondary N) is 1. The van der Waals surface area contributed by atoms with E-state index in [-0.39, 0.29) is 12.1 Å². The fourth-order valence-corrected chi connectivity index (χ4v) is 2.26. The lowest BCUT2D eigenvalue weighted by molar-refractivity contribution is 0.102. The third-order valence-corrected chi connectivity index (χ3v) is 3.47. The zero-order valence-corrected chi connectivity index (χ0v) is 12.6. The third kappa shape index (κ3) is 3.38. The van der Waals surface area contributed by atoms with Crippen LogP contribution in [0.2, 0.25) is 0 Å². The molecule has 0 spiro atoms. The molecule has 2 aromatic heterocycles. The van der Waals surface area contributed by atoms with Crippen molar-refractivity contribution in [3.05, 3.63) is 94.3 Å². The van der Waals surface area contributed by atoms with E-state index in [2.05, 4.69) is 10.3 Å². The Balaban J connectivity index is 1.87. The number of pyridine rings is 2. The van der Waals surface area contributed by atoms with Crippen molar-refractivity contribution in [2.24, 2.45) is 0 Å². The Morgan fingerprint density at radius 2 is 1.88 bits per heavy atom. The highest BCUT2D eigenvalue weighted by atomic mass is 19.1. The maximum Gasteiger partial charge on any atom is 0.263 e. The molecule has 0 saturated heterocycles. The van der Waals surface area contributed by atoms with Crippen molar-refractivity contribution < 1.29 is 9.18 Å². The summed E-state index contributed by atoms with van der Waals surface area (Å²) in [6.07, 6.45) is 3.06. The molecule has 1 amide bonds. The van der Waals surface area contributed by atoms with Crippen molar-refractivity contribution in [2.75, 3.05) is 5.32 Å². The number of carbonyl (C=O) groups excluding carboxylic acids is 1. The second-order valence-corrected chi connectivity index (χ2v) is 5.12. The van der Waals surface area contributed by atoms with E-state index in [0.29, 0.717) is 11.4 Å². The Kier molecular flexibility index (Phi) is 4.47. The fourth-order valence-electron chi connectivity index (χ4n) is 2.26. The number of rotatable bonds is 4. The predicted molar refractivity (Wildman–Crippen MR) is 88.4 cm³/mol. The number of anilines is 1. The summed E-state index contributed by atoms with van der Waals surface area (Å²) in [6.45, 7) is 0.0518. The van der Waals surface area contributed by atoms with E-state index in [9.17, 15) is 14.0 Å². The molecule has 0 fully saturated rings. The highest BCUT2D eigenvalue weighted by molar-refractivity contribution is 6.03. The van der Waals surface area contributed by atoms with Gasteiger partial charge in [-0.25, -0.2) is 9.37 Å². The van der Waals surface area contributed by atoms with Crippen LogP contribution in [0.4, 0.5) is 10.2 Å². The minimum absolute atomic E-state index is 0.0282. The highest BCUT2D eigenvalue weighted by Crippen LogP contribution is 2.08. The quantitative estimate of drug-likeness (QED) is 0.803. The summed E-state index contributed by atoms with van der Waals surface area (Å²) >= 11 is 0. The van der Waals surface area contributed by atoms with Crippen molar-refractivity contribution >= 4 is 11.7 Å². The molecule has 3 aromatic rings. The molecule has 0 radical (unpaired) electrons. The van der Waals surface area contributed by atoms with E-state index in [1.54, 1.807) is 42.5 Å². The van der Waals surface area contributed by atoms with Gasteiger partial charge in [0.15, 0.2) is 0 Å². The number of hydrogen-bond acceptors (Lipinski definition) is 3. The van der Waals surface area contributed by atoms with E-state index in [4.69, 9.17) is 0 Å². The SMILES string of the molecule is O=C(Nc1ccccn1)c1cccn(Cc2ccccc2F)c1=O. The Bertz CT molecular complexity index is 923. The van der Waals surface area contributed by atoms with Gasteiger partial charge >= 0.3 is 0 Å². The van der Waals surface area contributed by atoms with Crippen LogP contribution in [-0.4, -0.2) is 15.5 Å². The van der Waals surface area contributed by atoms with Crippen molar-refractivity contribution in [3.63, 3.8) is 0 Å². The molecule has 0 unspecified atom stereocenters. The number of nitrogens with zero attached hydrogens (tertiary/aromatic N) is 2. The van der Waals surface area contributed by atoms with Crippen molar-refractivity contribution in [1.82, 2.24) is 9.55 Å². The number of halogens is 1. The summed E-state index contributed by atoms with van der Waals surface area (Å²) < 4.78 is 15.0. The zero-order chi connectivity index (χ0) is 16.9. The van der Waals surface area contributed by atoms with Gasteiger partial charge in [-0.15, -0.1) is 0 Å². The van der Waals surface area contributed by atoms with Gasteiger partial charge in [0.25, 0.3) is 11.5 Å². The Morgan fingerprint density at radius 1 is 1.08 bits per heavy atom. The first kappa shape index (κ1) is 15.6. The molecule has 0 saturated carbocycles. The van der Waals surface area contributed by atoms with E-state index >= 15 is 0 Å². The summed E-state index contributed by atoms with van der Waals surface area (Å²) in [5.74, 6) is -0.597. The molecule has 0 aliphatic rings. The molecule has 1 N–H and O–H groups in total. The molecule has 0 atom stereocenters. The normalized spacial score (nSPS) is 10.4. The van der Waals surface area contributed by atoms with Crippen LogP contribution in [0.3, 0.4) is 0 Å². The second kappa shape index (κ2) is 6.87. The Hall–Kier alpha value is -3.28. The smallest absolute Gasteiger partial charge is 0.263 e.